The van der Waals surface area contributed by atoms with E-state index in [0.717, 1.165) is 12.0 Å². The van der Waals surface area contributed by atoms with Crippen LogP contribution in [0.2, 0.25) is 5.02 Å². The number of amides is 2. The maximum atomic E-state index is 12.8. The van der Waals surface area contributed by atoms with Crippen LogP contribution in [0.25, 0.3) is 17.3 Å². The van der Waals surface area contributed by atoms with E-state index in [1.54, 1.807) is 49.7 Å². The number of benzene rings is 2. The van der Waals surface area contributed by atoms with Gasteiger partial charge in [-0.1, -0.05) is 24.6 Å². The SMILES string of the molecule is CCc1cc(OC)cc(C(=O)Nc2ccc(Cl)c(-c3ccc(/C=C/C(=O)NO)cn3)c2)c1. The number of methoxy groups -OCH3 is 1. The van der Waals surface area contributed by atoms with Crippen LogP contribution in [0.4, 0.5) is 5.69 Å². The number of ether oxygens (including phenoxy) is 1. The van der Waals surface area contributed by atoms with E-state index in [1.807, 2.05) is 19.1 Å². The molecule has 3 N–H and O–H groups in total. The Morgan fingerprint density at radius 1 is 1.16 bits per heavy atom. The van der Waals surface area contributed by atoms with Gasteiger partial charge in [0.25, 0.3) is 11.8 Å². The van der Waals surface area contributed by atoms with Crippen LogP contribution >= 0.6 is 11.6 Å². The van der Waals surface area contributed by atoms with Crippen LogP contribution in [0.5, 0.6) is 5.75 Å². The summed E-state index contributed by atoms with van der Waals surface area (Å²) in [5.41, 5.74) is 5.51. The summed E-state index contributed by atoms with van der Waals surface area (Å²) in [6.07, 6.45) is 5.05. The third-order valence-electron chi connectivity index (χ3n) is 4.70. The predicted octanol–water partition coefficient (Wildman–Crippen LogP) is 4.74. The minimum absolute atomic E-state index is 0.262. The molecule has 164 valence electrons. The molecular formula is C24H22ClN3O4. The van der Waals surface area contributed by atoms with Crippen LogP contribution in [0, 0.1) is 0 Å². The maximum Gasteiger partial charge on any atom is 0.267 e. The molecule has 0 fully saturated rings. The quantitative estimate of drug-likeness (QED) is 0.273. The number of hydrogen-bond acceptors (Lipinski definition) is 5. The average molecular weight is 452 g/mol. The number of halogens is 1. The van der Waals surface area contributed by atoms with Crippen molar-refractivity contribution in [1.82, 2.24) is 10.5 Å². The molecule has 0 bridgehead atoms. The summed E-state index contributed by atoms with van der Waals surface area (Å²) >= 11 is 6.36. The smallest absolute Gasteiger partial charge is 0.267 e. The largest absolute Gasteiger partial charge is 0.497 e. The molecule has 0 atom stereocenters. The lowest BCUT2D eigenvalue weighted by molar-refractivity contribution is -0.124. The molecule has 2 aromatic carbocycles. The molecule has 0 saturated carbocycles. The normalized spacial score (nSPS) is 10.8. The van der Waals surface area contributed by atoms with Gasteiger partial charge in [0.1, 0.15) is 5.75 Å². The van der Waals surface area contributed by atoms with Gasteiger partial charge < -0.3 is 10.1 Å². The fourth-order valence-electron chi connectivity index (χ4n) is 2.99. The summed E-state index contributed by atoms with van der Waals surface area (Å²) in [7, 11) is 1.57. The van der Waals surface area contributed by atoms with Crippen molar-refractivity contribution in [1.29, 1.82) is 0 Å². The summed E-state index contributed by atoms with van der Waals surface area (Å²) in [5, 5.41) is 11.9. The van der Waals surface area contributed by atoms with E-state index in [9.17, 15) is 9.59 Å². The van der Waals surface area contributed by atoms with Crippen molar-refractivity contribution in [3.8, 4) is 17.0 Å². The van der Waals surface area contributed by atoms with Crippen LogP contribution in [0.1, 0.15) is 28.4 Å². The predicted molar refractivity (Wildman–Crippen MR) is 124 cm³/mol. The van der Waals surface area contributed by atoms with Crippen LogP contribution in [0.3, 0.4) is 0 Å². The summed E-state index contributed by atoms with van der Waals surface area (Å²) in [6.45, 7) is 2.01. The number of aryl methyl sites for hydroxylation is 1. The van der Waals surface area contributed by atoms with Crippen molar-refractivity contribution >= 4 is 35.2 Å². The third kappa shape index (κ3) is 5.72. The van der Waals surface area contributed by atoms with Crippen molar-refractivity contribution in [2.45, 2.75) is 13.3 Å². The number of pyridine rings is 1. The summed E-state index contributed by atoms with van der Waals surface area (Å²) in [6, 6.07) is 14.1. The molecule has 32 heavy (non-hydrogen) atoms. The zero-order valence-corrected chi connectivity index (χ0v) is 18.3. The van der Waals surface area contributed by atoms with Crippen molar-refractivity contribution in [3.63, 3.8) is 0 Å². The Kier molecular flexibility index (Phi) is 7.59. The fraction of sp³-hybridized carbons (Fsp3) is 0.125. The molecular weight excluding hydrogens is 430 g/mol. The molecule has 0 aliphatic rings. The van der Waals surface area contributed by atoms with Gasteiger partial charge in [0.05, 0.1) is 17.8 Å². The first kappa shape index (κ1) is 23.0. The lowest BCUT2D eigenvalue weighted by atomic mass is 10.1. The van der Waals surface area contributed by atoms with E-state index in [-0.39, 0.29) is 5.91 Å². The van der Waals surface area contributed by atoms with Gasteiger partial charge in [-0.2, -0.15) is 0 Å². The van der Waals surface area contributed by atoms with Crippen LogP contribution in [-0.2, 0) is 11.2 Å². The molecule has 2 amide bonds. The Labute approximate surface area is 190 Å². The molecule has 3 aromatic rings. The van der Waals surface area contributed by atoms with Gasteiger partial charge in [-0.15, -0.1) is 0 Å². The second-order valence-electron chi connectivity index (χ2n) is 6.86. The lowest BCUT2D eigenvalue weighted by Gasteiger charge is -2.11. The Hall–Kier alpha value is -3.68. The first-order chi connectivity index (χ1) is 15.4. The molecule has 1 aromatic heterocycles. The molecule has 0 aliphatic carbocycles. The second kappa shape index (κ2) is 10.6. The minimum atomic E-state index is -0.636. The maximum absolute atomic E-state index is 12.8. The first-order valence-corrected chi connectivity index (χ1v) is 10.2. The molecule has 3 rings (SSSR count). The monoisotopic (exact) mass is 451 g/mol. The summed E-state index contributed by atoms with van der Waals surface area (Å²) < 4.78 is 5.29. The van der Waals surface area contributed by atoms with E-state index in [1.165, 1.54) is 17.6 Å². The summed E-state index contributed by atoms with van der Waals surface area (Å²) in [4.78, 5) is 28.3. The zero-order valence-electron chi connectivity index (χ0n) is 17.6. The number of hydroxylamine groups is 1. The lowest BCUT2D eigenvalue weighted by Crippen LogP contribution is -2.14. The van der Waals surface area contributed by atoms with E-state index in [4.69, 9.17) is 21.5 Å². The number of nitrogens with one attached hydrogen (secondary N) is 2. The number of anilines is 1. The molecule has 0 unspecified atom stereocenters. The standard InChI is InChI=1S/C24H22ClN3O4/c1-3-15-10-17(12-19(11-15)32-2)24(30)27-18-6-7-21(25)20(13-18)22-8-4-16(14-26-22)5-9-23(29)28-31/h4-14,31H,3H2,1-2H3,(H,27,30)(H,28,29)/b9-5+. The highest BCUT2D eigenvalue weighted by Crippen LogP contribution is 2.30. The van der Waals surface area contributed by atoms with Gasteiger partial charge in [0, 0.05) is 29.1 Å². The fourth-order valence-corrected chi connectivity index (χ4v) is 3.20. The van der Waals surface area contributed by atoms with Crippen molar-refractivity contribution < 1.29 is 19.5 Å². The zero-order chi connectivity index (χ0) is 23.1. The molecule has 8 heteroatoms. The highest BCUT2D eigenvalue weighted by molar-refractivity contribution is 6.33. The van der Waals surface area contributed by atoms with Crippen molar-refractivity contribution in [2.75, 3.05) is 12.4 Å². The first-order valence-electron chi connectivity index (χ1n) is 9.81. The topological polar surface area (TPSA) is 101 Å². The number of rotatable bonds is 7. The van der Waals surface area contributed by atoms with E-state index >= 15 is 0 Å². The van der Waals surface area contributed by atoms with Gasteiger partial charge >= 0.3 is 0 Å². The van der Waals surface area contributed by atoms with Gasteiger partial charge in [-0.25, -0.2) is 5.48 Å². The van der Waals surface area contributed by atoms with Gasteiger partial charge in [0.15, 0.2) is 0 Å². The summed E-state index contributed by atoms with van der Waals surface area (Å²) in [5.74, 6) is -0.272. The Morgan fingerprint density at radius 2 is 1.97 bits per heavy atom. The Bertz CT molecular complexity index is 1140. The highest BCUT2D eigenvalue weighted by atomic mass is 35.5. The molecule has 1 heterocycles. The third-order valence-corrected chi connectivity index (χ3v) is 5.03. The van der Waals surface area contributed by atoms with E-state index < -0.39 is 5.91 Å². The van der Waals surface area contributed by atoms with Crippen LogP contribution in [-0.4, -0.2) is 29.1 Å². The molecule has 7 nitrogen and oxygen atoms in total. The number of nitrogens with zero attached hydrogens (tertiary/aromatic N) is 1. The van der Waals surface area contributed by atoms with Gasteiger partial charge in [-0.3, -0.25) is 19.8 Å². The molecule has 0 aliphatic heterocycles. The van der Waals surface area contributed by atoms with Crippen LogP contribution in [0.15, 0.2) is 60.8 Å². The van der Waals surface area contributed by atoms with Gasteiger partial charge in [-0.05, 0) is 66.1 Å². The van der Waals surface area contributed by atoms with Crippen LogP contribution < -0.4 is 15.5 Å². The van der Waals surface area contributed by atoms with Crippen molar-refractivity contribution in [2.24, 2.45) is 0 Å². The van der Waals surface area contributed by atoms with E-state index in [0.29, 0.717) is 38.8 Å². The Morgan fingerprint density at radius 3 is 2.62 bits per heavy atom. The number of hydrogen-bond donors (Lipinski definition) is 3. The highest BCUT2D eigenvalue weighted by Gasteiger charge is 2.12. The van der Waals surface area contributed by atoms with E-state index in [2.05, 4.69) is 10.3 Å². The number of carbonyl (C=O) groups is 2. The molecule has 0 saturated heterocycles. The Balaban J connectivity index is 1.82. The average Bonchev–Trinajstić information content (AvgIpc) is 2.83. The number of aromatic nitrogens is 1. The minimum Gasteiger partial charge on any atom is -0.497 e. The molecule has 0 radical (unpaired) electrons. The van der Waals surface area contributed by atoms with Crippen molar-refractivity contribution in [3.05, 3.63) is 82.5 Å². The molecule has 0 spiro atoms. The van der Waals surface area contributed by atoms with Gasteiger partial charge in [0.2, 0.25) is 0 Å². The number of carbonyl (C=O) groups excluding carboxylic acids is 2. The second-order valence-corrected chi connectivity index (χ2v) is 7.27.